The molecule has 0 saturated heterocycles. The SMILES string of the molecule is CC(C)CCSc1nc(N)c(NC(=O)c2ccc(F)c(F)c2)c(=O)[nH]1. The van der Waals surface area contributed by atoms with Crippen molar-refractivity contribution in [1.29, 1.82) is 0 Å². The molecule has 0 spiro atoms. The number of halogens is 2. The van der Waals surface area contributed by atoms with Crippen molar-refractivity contribution in [1.82, 2.24) is 9.97 Å². The third-order valence-corrected chi connectivity index (χ3v) is 4.19. The number of nitrogens with two attached hydrogens (primary N) is 1. The van der Waals surface area contributed by atoms with Gasteiger partial charge in [0.05, 0.1) is 0 Å². The second-order valence-electron chi connectivity index (χ2n) is 5.75. The zero-order valence-electron chi connectivity index (χ0n) is 13.7. The van der Waals surface area contributed by atoms with Gasteiger partial charge in [-0.15, -0.1) is 0 Å². The topological polar surface area (TPSA) is 101 Å². The quantitative estimate of drug-likeness (QED) is 0.537. The number of aromatic nitrogens is 2. The molecule has 134 valence electrons. The number of anilines is 2. The molecule has 1 aromatic heterocycles. The number of carbonyl (C=O) groups excluding carboxylic acids is 1. The zero-order valence-corrected chi connectivity index (χ0v) is 14.5. The monoisotopic (exact) mass is 368 g/mol. The number of nitrogens with one attached hydrogen (secondary N) is 2. The van der Waals surface area contributed by atoms with Crippen molar-refractivity contribution in [3.05, 3.63) is 45.8 Å². The molecule has 0 bridgehead atoms. The average Bonchev–Trinajstić information content (AvgIpc) is 2.53. The number of benzene rings is 1. The van der Waals surface area contributed by atoms with Gasteiger partial charge in [-0.25, -0.2) is 13.8 Å². The Balaban J connectivity index is 2.15. The highest BCUT2D eigenvalue weighted by molar-refractivity contribution is 7.99. The fraction of sp³-hybridized carbons (Fsp3) is 0.312. The molecule has 1 amide bonds. The van der Waals surface area contributed by atoms with E-state index < -0.39 is 23.1 Å². The maximum Gasteiger partial charge on any atom is 0.277 e. The van der Waals surface area contributed by atoms with Crippen LogP contribution >= 0.6 is 11.8 Å². The van der Waals surface area contributed by atoms with Gasteiger partial charge < -0.3 is 11.1 Å². The lowest BCUT2D eigenvalue weighted by atomic mass is 10.2. The van der Waals surface area contributed by atoms with Crippen LogP contribution in [0.4, 0.5) is 20.3 Å². The van der Waals surface area contributed by atoms with E-state index in [1.54, 1.807) is 0 Å². The van der Waals surface area contributed by atoms with Gasteiger partial charge in [0.2, 0.25) is 0 Å². The minimum absolute atomic E-state index is 0.145. The standard InChI is InChI=1S/C16H18F2N4O2S/c1-8(2)5-6-25-16-21-13(19)12(15(24)22-16)20-14(23)9-3-4-10(17)11(18)7-9/h3-4,7-8H,5-6H2,1-2H3,(H,20,23)(H3,19,21,22,24). The number of hydrogen-bond donors (Lipinski definition) is 3. The lowest BCUT2D eigenvalue weighted by molar-refractivity contribution is 0.102. The number of hydrogen-bond acceptors (Lipinski definition) is 5. The Morgan fingerprint density at radius 2 is 2.08 bits per heavy atom. The predicted octanol–water partition coefficient (Wildman–Crippen LogP) is 3.02. The molecule has 0 unspecified atom stereocenters. The number of rotatable bonds is 6. The second-order valence-corrected chi connectivity index (χ2v) is 6.83. The normalized spacial score (nSPS) is 10.9. The number of thioether (sulfide) groups is 1. The molecule has 2 rings (SSSR count). The predicted molar refractivity (Wildman–Crippen MR) is 93.8 cm³/mol. The van der Waals surface area contributed by atoms with E-state index in [1.165, 1.54) is 11.8 Å². The third kappa shape index (κ3) is 5.02. The van der Waals surface area contributed by atoms with Crippen molar-refractivity contribution < 1.29 is 13.6 Å². The number of carbonyl (C=O) groups is 1. The van der Waals surface area contributed by atoms with Gasteiger partial charge in [0.1, 0.15) is 5.69 Å². The van der Waals surface area contributed by atoms with Crippen LogP contribution in [0.25, 0.3) is 0 Å². The number of amides is 1. The molecule has 0 aliphatic heterocycles. The van der Waals surface area contributed by atoms with Gasteiger partial charge in [0.25, 0.3) is 11.5 Å². The van der Waals surface area contributed by atoms with Gasteiger partial charge in [-0.05, 0) is 30.5 Å². The largest absolute Gasteiger partial charge is 0.382 e. The Bertz CT molecular complexity index is 839. The first-order valence-corrected chi connectivity index (χ1v) is 8.55. The molecule has 0 radical (unpaired) electrons. The lowest BCUT2D eigenvalue weighted by Gasteiger charge is -2.09. The highest BCUT2D eigenvalue weighted by Gasteiger charge is 2.15. The zero-order chi connectivity index (χ0) is 18.6. The van der Waals surface area contributed by atoms with Crippen LogP contribution < -0.4 is 16.6 Å². The van der Waals surface area contributed by atoms with Crippen molar-refractivity contribution in [2.75, 3.05) is 16.8 Å². The summed E-state index contributed by atoms with van der Waals surface area (Å²) in [6, 6.07) is 2.66. The Kier molecular flexibility index (Phi) is 6.13. The summed E-state index contributed by atoms with van der Waals surface area (Å²) in [6.45, 7) is 4.17. The molecule has 2 aromatic rings. The molecule has 9 heteroatoms. The van der Waals surface area contributed by atoms with E-state index in [1.807, 2.05) is 0 Å². The van der Waals surface area contributed by atoms with Gasteiger partial charge in [-0.3, -0.25) is 14.6 Å². The third-order valence-electron chi connectivity index (χ3n) is 3.28. The number of nitrogens with zero attached hydrogens (tertiary/aromatic N) is 1. The summed E-state index contributed by atoms with van der Waals surface area (Å²) in [6.07, 6.45) is 0.947. The van der Waals surface area contributed by atoms with Crippen LogP contribution in [0.2, 0.25) is 0 Å². The summed E-state index contributed by atoms with van der Waals surface area (Å²) in [5, 5.41) is 2.63. The summed E-state index contributed by atoms with van der Waals surface area (Å²) < 4.78 is 26.1. The fourth-order valence-electron chi connectivity index (χ4n) is 1.87. The fourth-order valence-corrected chi connectivity index (χ4v) is 2.98. The molecule has 25 heavy (non-hydrogen) atoms. The first kappa shape index (κ1) is 18.9. The smallest absolute Gasteiger partial charge is 0.277 e. The van der Waals surface area contributed by atoms with Gasteiger partial charge in [0, 0.05) is 11.3 Å². The number of aromatic amines is 1. The molecule has 4 N–H and O–H groups in total. The maximum atomic E-state index is 13.2. The van der Waals surface area contributed by atoms with E-state index >= 15 is 0 Å². The van der Waals surface area contributed by atoms with E-state index in [-0.39, 0.29) is 17.1 Å². The van der Waals surface area contributed by atoms with Crippen molar-refractivity contribution in [2.24, 2.45) is 5.92 Å². The van der Waals surface area contributed by atoms with E-state index in [9.17, 15) is 18.4 Å². The summed E-state index contributed by atoms with van der Waals surface area (Å²) >= 11 is 1.35. The molecule has 1 heterocycles. The molecule has 0 aliphatic carbocycles. The van der Waals surface area contributed by atoms with Crippen molar-refractivity contribution in [3.8, 4) is 0 Å². The average molecular weight is 368 g/mol. The molecule has 1 aromatic carbocycles. The highest BCUT2D eigenvalue weighted by Crippen LogP contribution is 2.19. The molecule has 0 fully saturated rings. The lowest BCUT2D eigenvalue weighted by Crippen LogP contribution is -2.23. The molecule has 0 saturated carbocycles. The van der Waals surface area contributed by atoms with Crippen LogP contribution in [-0.4, -0.2) is 21.6 Å². The Hall–Kier alpha value is -2.42. The Labute approximate surface area is 147 Å². The summed E-state index contributed by atoms with van der Waals surface area (Å²) in [5.41, 5.74) is 4.75. The molecule has 0 atom stereocenters. The van der Waals surface area contributed by atoms with E-state index in [4.69, 9.17) is 5.73 Å². The second kappa shape index (κ2) is 8.11. The van der Waals surface area contributed by atoms with Crippen LogP contribution in [0.15, 0.2) is 28.2 Å². The molecule has 0 aliphatic rings. The van der Waals surface area contributed by atoms with Gasteiger partial charge in [-0.2, -0.15) is 0 Å². The van der Waals surface area contributed by atoms with Crippen LogP contribution in [-0.2, 0) is 0 Å². The molecular weight excluding hydrogens is 350 g/mol. The van der Waals surface area contributed by atoms with E-state index in [0.29, 0.717) is 11.1 Å². The van der Waals surface area contributed by atoms with Crippen LogP contribution in [0.3, 0.4) is 0 Å². The highest BCUT2D eigenvalue weighted by atomic mass is 32.2. The van der Waals surface area contributed by atoms with Crippen molar-refractivity contribution in [3.63, 3.8) is 0 Å². The first-order chi connectivity index (χ1) is 11.8. The van der Waals surface area contributed by atoms with Crippen molar-refractivity contribution >= 4 is 29.2 Å². The Morgan fingerprint density at radius 1 is 1.36 bits per heavy atom. The van der Waals surface area contributed by atoms with Gasteiger partial charge in [-0.1, -0.05) is 25.6 Å². The van der Waals surface area contributed by atoms with Crippen molar-refractivity contribution in [2.45, 2.75) is 25.4 Å². The Morgan fingerprint density at radius 3 is 2.68 bits per heavy atom. The van der Waals surface area contributed by atoms with Crippen LogP contribution in [0, 0.1) is 17.6 Å². The van der Waals surface area contributed by atoms with E-state index in [0.717, 1.165) is 30.4 Å². The number of H-pyrrole nitrogens is 1. The summed E-state index contributed by atoms with van der Waals surface area (Å²) in [5.74, 6) is -1.89. The minimum Gasteiger partial charge on any atom is -0.382 e. The van der Waals surface area contributed by atoms with Crippen LogP contribution in [0.1, 0.15) is 30.6 Å². The minimum atomic E-state index is -1.16. The number of nitrogen functional groups attached to an aromatic ring is 1. The molecular formula is C16H18F2N4O2S. The molecule has 6 nitrogen and oxygen atoms in total. The van der Waals surface area contributed by atoms with E-state index in [2.05, 4.69) is 29.1 Å². The summed E-state index contributed by atoms with van der Waals surface area (Å²) in [7, 11) is 0. The van der Waals surface area contributed by atoms with Gasteiger partial charge >= 0.3 is 0 Å². The first-order valence-electron chi connectivity index (χ1n) is 7.57. The van der Waals surface area contributed by atoms with Gasteiger partial charge in [0.15, 0.2) is 22.6 Å². The van der Waals surface area contributed by atoms with Crippen LogP contribution in [0.5, 0.6) is 0 Å². The summed E-state index contributed by atoms with van der Waals surface area (Å²) in [4.78, 5) is 30.8. The maximum absolute atomic E-state index is 13.2.